The first kappa shape index (κ1) is 27.2. The maximum atomic E-state index is 12.1. The zero-order valence-electron chi connectivity index (χ0n) is 19.4. The lowest BCUT2D eigenvalue weighted by molar-refractivity contribution is 0.167. The first-order valence-corrected chi connectivity index (χ1v) is 14.5. The molecule has 3 rings (SSSR count). The number of aromatic hydroxyl groups is 1. The molecule has 13 heteroatoms. The number of hydrogen-bond acceptors (Lipinski definition) is 9. The van der Waals surface area contributed by atoms with Crippen molar-refractivity contribution >= 4 is 31.4 Å². The molecule has 0 spiro atoms. The fraction of sp³-hybridized carbons (Fsp3) is 0.455. The molecule has 0 amide bonds. The van der Waals surface area contributed by atoms with Crippen molar-refractivity contribution in [1.29, 1.82) is 0 Å². The Morgan fingerprint density at radius 3 is 2.31 bits per heavy atom. The number of nitrogens with one attached hydrogen (secondary N) is 3. The van der Waals surface area contributed by atoms with Crippen LogP contribution in [0.1, 0.15) is 24.5 Å². The van der Waals surface area contributed by atoms with Crippen molar-refractivity contribution in [2.75, 3.05) is 48.7 Å². The SMILES string of the molecule is CS(=O)(=O)Nc1cc([C@H](O)CNC2CCN(c3ccc(S(=O)(=O)NCCO)cc3)CC2)ccc1O. The number of phenolic OH excluding ortho intramolecular Hbond substituents is 1. The molecule has 0 radical (unpaired) electrons. The molecule has 1 heterocycles. The van der Waals surface area contributed by atoms with Crippen LogP contribution in [-0.4, -0.2) is 77.2 Å². The van der Waals surface area contributed by atoms with Crippen molar-refractivity contribution in [3.8, 4) is 5.75 Å². The molecule has 2 aromatic carbocycles. The van der Waals surface area contributed by atoms with Gasteiger partial charge in [-0.05, 0) is 54.8 Å². The zero-order valence-corrected chi connectivity index (χ0v) is 21.0. The van der Waals surface area contributed by atoms with Gasteiger partial charge in [-0.15, -0.1) is 0 Å². The van der Waals surface area contributed by atoms with Gasteiger partial charge in [0.05, 0.1) is 29.5 Å². The number of rotatable bonds is 11. The Morgan fingerprint density at radius 2 is 1.71 bits per heavy atom. The van der Waals surface area contributed by atoms with Gasteiger partial charge in [-0.2, -0.15) is 0 Å². The molecule has 0 aromatic heterocycles. The van der Waals surface area contributed by atoms with Gasteiger partial charge in [-0.3, -0.25) is 4.72 Å². The van der Waals surface area contributed by atoms with Crippen molar-refractivity contribution in [1.82, 2.24) is 10.0 Å². The minimum atomic E-state index is -3.64. The van der Waals surface area contributed by atoms with Gasteiger partial charge < -0.3 is 25.5 Å². The molecule has 0 unspecified atom stereocenters. The van der Waals surface area contributed by atoms with Gasteiger partial charge in [0.1, 0.15) is 5.75 Å². The molecule has 11 nitrogen and oxygen atoms in total. The van der Waals surface area contributed by atoms with Crippen LogP contribution in [0, 0.1) is 0 Å². The zero-order chi connectivity index (χ0) is 25.6. The summed E-state index contributed by atoms with van der Waals surface area (Å²) in [6.07, 6.45) is 1.74. The third kappa shape index (κ3) is 7.78. The van der Waals surface area contributed by atoms with Gasteiger partial charge in [-0.1, -0.05) is 6.07 Å². The summed E-state index contributed by atoms with van der Waals surface area (Å²) in [7, 11) is -7.21. The van der Waals surface area contributed by atoms with E-state index in [0.29, 0.717) is 5.56 Å². The fourth-order valence-electron chi connectivity index (χ4n) is 3.88. The van der Waals surface area contributed by atoms with Crippen LogP contribution < -0.4 is 19.7 Å². The summed E-state index contributed by atoms with van der Waals surface area (Å²) < 4.78 is 51.7. The van der Waals surface area contributed by atoms with Crippen LogP contribution in [0.25, 0.3) is 0 Å². The van der Waals surface area contributed by atoms with Crippen molar-refractivity contribution in [3.05, 3.63) is 48.0 Å². The summed E-state index contributed by atoms with van der Waals surface area (Å²) in [5.41, 5.74) is 1.40. The second-order valence-corrected chi connectivity index (χ2v) is 12.0. The van der Waals surface area contributed by atoms with Gasteiger partial charge >= 0.3 is 0 Å². The van der Waals surface area contributed by atoms with E-state index >= 15 is 0 Å². The number of hydrogen-bond donors (Lipinski definition) is 6. The van der Waals surface area contributed by atoms with Crippen LogP contribution in [0.5, 0.6) is 5.75 Å². The number of nitrogens with zero attached hydrogens (tertiary/aromatic N) is 1. The van der Waals surface area contributed by atoms with E-state index in [-0.39, 0.29) is 42.1 Å². The minimum Gasteiger partial charge on any atom is -0.506 e. The summed E-state index contributed by atoms with van der Waals surface area (Å²) in [6, 6.07) is 11.1. The monoisotopic (exact) mass is 528 g/mol. The van der Waals surface area contributed by atoms with Gasteiger partial charge in [0.25, 0.3) is 0 Å². The topological polar surface area (TPSA) is 168 Å². The molecule has 1 atom stereocenters. The predicted octanol–water partition coefficient (Wildman–Crippen LogP) is 0.326. The lowest BCUT2D eigenvalue weighted by atomic mass is 10.0. The average Bonchev–Trinajstić information content (AvgIpc) is 2.82. The molecule has 1 aliphatic rings. The molecule has 1 saturated heterocycles. The highest BCUT2D eigenvalue weighted by molar-refractivity contribution is 7.92. The summed E-state index contributed by atoms with van der Waals surface area (Å²) in [6.45, 7) is 1.47. The highest BCUT2D eigenvalue weighted by Gasteiger charge is 2.21. The molecule has 2 aromatic rings. The first-order valence-electron chi connectivity index (χ1n) is 11.2. The largest absolute Gasteiger partial charge is 0.506 e. The molecule has 194 valence electrons. The number of sulfonamides is 2. The van der Waals surface area contributed by atoms with Crippen LogP contribution in [0.2, 0.25) is 0 Å². The van der Waals surface area contributed by atoms with E-state index in [1.54, 1.807) is 30.3 Å². The van der Waals surface area contributed by atoms with Crippen LogP contribution in [0.15, 0.2) is 47.4 Å². The third-order valence-electron chi connectivity index (χ3n) is 5.71. The van der Waals surface area contributed by atoms with Gasteiger partial charge in [0, 0.05) is 37.9 Å². The highest BCUT2D eigenvalue weighted by Crippen LogP contribution is 2.28. The van der Waals surface area contributed by atoms with Crippen molar-refractivity contribution in [2.24, 2.45) is 0 Å². The maximum Gasteiger partial charge on any atom is 0.240 e. The van der Waals surface area contributed by atoms with Crippen molar-refractivity contribution in [2.45, 2.75) is 29.9 Å². The molecular weight excluding hydrogens is 496 g/mol. The van der Waals surface area contributed by atoms with Crippen LogP contribution >= 0.6 is 0 Å². The summed E-state index contributed by atoms with van der Waals surface area (Å²) in [5.74, 6) is -0.223. The molecule has 0 saturated carbocycles. The van der Waals surface area contributed by atoms with Crippen LogP contribution in [0.3, 0.4) is 0 Å². The highest BCUT2D eigenvalue weighted by atomic mass is 32.2. The third-order valence-corrected chi connectivity index (χ3v) is 7.78. The van der Waals surface area contributed by atoms with Gasteiger partial charge in [-0.25, -0.2) is 21.6 Å². The first-order chi connectivity index (χ1) is 16.5. The molecule has 0 bridgehead atoms. The van der Waals surface area contributed by atoms with E-state index in [9.17, 15) is 27.0 Å². The number of benzene rings is 2. The fourth-order valence-corrected chi connectivity index (χ4v) is 5.46. The summed E-state index contributed by atoms with van der Waals surface area (Å²) in [5, 5.41) is 32.5. The Kier molecular flexibility index (Phi) is 8.96. The second-order valence-electron chi connectivity index (χ2n) is 8.45. The van der Waals surface area contributed by atoms with E-state index in [4.69, 9.17) is 5.11 Å². The number of aliphatic hydroxyl groups excluding tert-OH is 2. The molecular formula is C22H32N4O7S2. The van der Waals surface area contributed by atoms with Crippen LogP contribution in [-0.2, 0) is 20.0 Å². The number of aliphatic hydroxyl groups is 2. The van der Waals surface area contributed by atoms with Crippen molar-refractivity contribution < 1.29 is 32.2 Å². The van der Waals surface area contributed by atoms with E-state index in [0.717, 1.165) is 37.9 Å². The Balaban J connectivity index is 1.51. The standard InChI is InChI=1S/C22H32N4O7S2/c1-34(30,31)25-20-14-16(2-7-21(20)28)22(29)15-23-17-8-11-26(12-9-17)18-3-5-19(6-4-18)35(32,33)24-10-13-27/h2-7,14,17,22-25,27-29H,8-13,15H2,1H3/t22-/m1/s1. The smallest absolute Gasteiger partial charge is 0.240 e. The Hall–Kier alpha value is -2.42. The molecule has 6 N–H and O–H groups in total. The van der Waals surface area contributed by atoms with Gasteiger partial charge in [0.2, 0.25) is 20.0 Å². The Labute approximate surface area is 205 Å². The van der Waals surface area contributed by atoms with E-state index in [2.05, 4.69) is 19.7 Å². The maximum absolute atomic E-state index is 12.1. The number of piperidine rings is 1. The van der Waals surface area contributed by atoms with Crippen molar-refractivity contribution in [3.63, 3.8) is 0 Å². The molecule has 1 fully saturated rings. The van der Waals surface area contributed by atoms with E-state index < -0.39 is 26.2 Å². The summed E-state index contributed by atoms with van der Waals surface area (Å²) in [4.78, 5) is 2.30. The normalized spacial score (nSPS) is 16.3. The lowest BCUT2D eigenvalue weighted by Crippen LogP contribution is -2.43. The Morgan fingerprint density at radius 1 is 1.06 bits per heavy atom. The lowest BCUT2D eigenvalue weighted by Gasteiger charge is -2.34. The van der Waals surface area contributed by atoms with E-state index in [1.807, 2.05) is 0 Å². The summed E-state index contributed by atoms with van der Waals surface area (Å²) >= 11 is 0. The molecule has 0 aliphatic carbocycles. The average molecular weight is 529 g/mol. The predicted molar refractivity (Wildman–Crippen MR) is 133 cm³/mol. The second kappa shape index (κ2) is 11.5. The number of anilines is 2. The molecule has 35 heavy (non-hydrogen) atoms. The van der Waals surface area contributed by atoms with Crippen LogP contribution in [0.4, 0.5) is 11.4 Å². The van der Waals surface area contributed by atoms with E-state index in [1.165, 1.54) is 12.1 Å². The van der Waals surface area contributed by atoms with Gasteiger partial charge in [0.15, 0.2) is 0 Å². The minimum absolute atomic E-state index is 0.0142. The number of phenols is 1. The molecule has 1 aliphatic heterocycles. The quantitative estimate of drug-likeness (QED) is 0.225. The Bertz CT molecular complexity index is 1200.